The number of rotatable bonds is 2. The zero-order valence-corrected chi connectivity index (χ0v) is 8.62. The Morgan fingerprint density at radius 3 is 2.85 bits per heavy atom. The summed E-state index contributed by atoms with van der Waals surface area (Å²) in [6.45, 7) is 6.34. The first-order valence-corrected chi connectivity index (χ1v) is 4.79. The Hall–Kier alpha value is -1.11. The summed E-state index contributed by atoms with van der Waals surface area (Å²) in [5.74, 6) is 0. The van der Waals surface area contributed by atoms with E-state index in [0.717, 1.165) is 6.42 Å². The van der Waals surface area contributed by atoms with E-state index in [-0.39, 0.29) is 6.04 Å². The lowest BCUT2D eigenvalue weighted by molar-refractivity contribution is 0.940. The first-order chi connectivity index (χ1) is 6.24. The average Bonchev–Trinajstić information content (AvgIpc) is 2.32. The highest BCUT2D eigenvalue weighted by molar-refractivity contribution is 5.82. The van der Waals surface area contributed by atoms with Crippen molar-refractivity contribution in [2.24, 2.45) is 4.99 Å². The second-order valence-electron chi connectivity index (χ2n) is 3.34. The molecule has 0 amide bonds. The topological polar surface area (TPSA) is 12.4 Å². The molecular formula is C12H17N. The van der Waals surface area contributed by atoms with Crippen molar-refractivity contribution in [3.8, 4) is 0 Å². The van der Waals surface area contributed by atoms with Gasteiger partial charge in [0.25, 0.3) is 0 Å². The Balaban J connectivity index is 2.80. The summed E-state index contributed by atoms with van der Waals surface area (Å²) < 4.78 is 0. The van der Waals surface area contributed by atoms with Crippen molar-refractivity contribution in [2.75, 3.05) is 0 Å². The van der Waals surface area contributed by atoms with E-state index in [9.17, 15) is 0 Å². The van der Waals surface area contributed by atoms with Gasteiger partial charge in [-0.1, -0.05) is 37.3 Å². The normalized spacial score (nSPS) is 22.8. The molecular weight excluding hydrogens is 158 g/mol. The molecule has 0 heterocycles. The molecule has 0 aromatic heterocycles. The smallest absolute Gasteiger partial charge is 0.0892 e. The number of hydrogen-bond donors (Lipinski definition) is 0. The fourth-order valence-corrected chi connectivity index (χ4v) is 1.16. The largest absolute Gasteiger partial charge is 0.283 e. The van der Waals surface area contributed by atoms with Crippen molar-refractivity contribution in [1.82, 2.24) is 0 Å². The van der Waals surface area contributed by atoms with Gasteiger partial charge in [0.15, 0.2) is 0 Å². The molecule has 1 rings (SSSR count). The van der Waals surface area contributed by atoms with E-state index in [1.807, 2.05) is 6.08 Å². The summed E-state index contributed by atoms with van der Waals surface area (Å²) in [6.07, 6.45) is 11.4. The molecule has 0 bridgehead atoms. The Kier molecular flexibility index (Phi) is 3.69. The van der Waals surface area contributed by atoms with Crippen LogP contribution in [0.5, 0.6) is 0 Å². The van der Waals surface area contributed by atoms with E-state index in [1.165, 1.54) is 11.3 Å². The lowest BCUT2D eigenvalue weighted by Gasteiger charge is -2.08. The lowest BCUT2D eigenvalue weighted by Crippen LogP contribution is -2.05. The molecule has 0 spiro atoms. The van der Waals surface area contributed by atoms with Crippen molar-refractivity contribution in [3.05, 3.63) is 36.0 Å². The van der Waals surface area contributed by atoms with Crippen LogP contribution in [0.15, 0.2) is 40.9 Å². The maximum Gasteiger partial charge on any atom is 0.0892 e. The van der Waals surface area contributed by atoms with Gasteiger partial charge in [0, 0.05) is 5.71 Å². The lowest BCUT2D eigenvalue weighted by atomic mass is 10.1. The van der Waals surface area contributed by atoms with E-state index in [2.05, 4.69) is 50.1 Å². The summed E-state index contributed by atoms with van der Waals surface area (Å²) in [4.78, 5) is 4.62. The Morgan fingerprint density at radius 1 is 1.38 bits per heavy atom. The third-order valence-corrected chi connectivity index (χ3v) is 2.21. The fourth-order valence-electron chi connectivity index (χ4n) is 1.16. The molecule has 70 valence electrons. The SMILES string of the molecule is CCC(C)=NC1C=CC=CC=C1C. The average molecular weight is 175 g/mol. The quantitative estimate of drug-likeness (QED) is 0.571. The molecule has 1 atom stereocenters. The molecule has 0 saturated heterocycles. The Morgan fingerprint density at radius 2 is 2.15 bits per heavy atom. The van der Waals surface area contributed by atoms with Crippen molar-refractivity contribution in [2.45, 2.75) is 33.2 Å². The van der Waals surface area contributed by atoms with E-state index >= 15 is 0 Å². The van der Waals surface area contributed by atoms with Crippen molar-refractivity contribution >= 4 is 5.71 Å². The molecule has 0 aliphatic heterocycles. The fraction of sp³-hybridized carbons (Fsp3) is 0.417. The second kappa shape index (κ2) is 4.80. The van der Waals surface area contributed by atoms with Crippen LogP contribution < -0.4 is 0 Å². The van der Waals surface area contributed by atoms with Crippen LogP contribution in [0.4, 0.5) is 0 Å². The molecule has 1 nitrogen and oxygen atoms in total. The van der Waals surface area contributed by atoms with Gasteiger partial charge in [-0.15, -0.1) is 0 Å². The maximum atomic E-state index is 4.62. The van der Waals surface area contributed by atoms with Gasteiger partial charge in [-0.3, -0.25) is 4.99 Å². The first kappa shape index (κ1) is 9.97. The van der Waals surface area contributed by atoms with Gasteiger partial charge in [0.1, 0.15) is 0 Å². The molecule has 0 radical (unpaired) electrons. The highest BCUT2D eigenvalue weighted by Gasteiger charge is 2.04. The van der Waals surface area contributed by atoms with Gasteiger partial charge < -0.3 is 0 Å². The van der Waals surface area contributed by atoms with Crippen LogP contribution in [0, 0.1) is 0 Å². The van der Waals surface area contributed by atoms with Gasteiger partial charge in [-0.25, -0.2) is 0 Å². The molecule has 1 aliphatic rings. The third-order valence-electron chi connectivity index (χ3n) is 2.21. The molecule has 1 aliphatic carbocycles. The molecule has 0 aromatic carbocycles. The number of nitrogens with zero attached hydrogens (tertiary/aromatic N) is 1. The Labute approximate surface area is 80.6 Å². The molecule has 0 fully saturated rings. The minimum absolute atomic E-state index is 0.245. The standard InChI is InChI=1S/C12H17N/c1-4-11(3)13-12-9-7-5-6-8-10(12)2/h5-9,12H,4H2,1-3H3. The summed E-state index contributed by atoms with van der Waals surface area (Å²) in [7, 11) is 0. The molecule has 13 heavy (non-hydrogen) atoms. The van der Waals surface area contributed by atoms with Gasteiger partial charge in [-0.05, 0) is 25.8 Å². The minimum atomic E-state index is 0.245. The number of aliphatic imine (C=N–C) groups is 1. The number of allylic oxidation sites excluding steroid dienone is 4. The number of hydrogen-bond acceptors (Lipinski definition) is 1. The first-order valence-electron chi connectivity index (χ1n) is 4.79. The molecule has 0 saturated carbocycles. The second-order valence-corrected chi connectivity index (χ2v) is 3.34. The molecule has 1 unspecified atom stereocenters. The zero-order chi connectivity index (χ0) is 9.68. The summed E-state index contributed by atoms with van der Waals surface area (Å²) in [6, 6.07) is 0.245. The van der Waals surface area contributed by atoms with Crippen LogP contribution in [0.25, 0.3) is 0 Å². The van der Waals surface area contributed by atoms with E-state index in [1.54, 1.807) is 0 Å². The predicted octanol–water partition coefficient (Wildman–Crippen LogP) is 3.30. The van der Waals surface area contributed by atoms with Crippen LogP contribution in [-0.4, -0.2) is 11.8 Å². The third kappa shape index (κ3) is 3.02. The monoisotopic (exact) mass is 175 g/mol. The highest BCUT2D eigenvalue weighted by Crippen LogP contribution is 2.11. The van der Waals surface area contributed by atoms with Crippen molar-refractivity contribution < 1.29 is 0 Å². The van der Waals surface area contributed by atoms with Gasteiger partial charge in [0.05, 0.1) is 6.04 Å². The predicted molar refractivity (Wildman–Crippen MR) is 59.2 cm³/mol. The van der Waals surface area contributed by atoms with Gasteiger partial charge >= 0.3 is 0 Å². The summed E-state index contributed by atoms with van der Waals surface area (Å²) >= 11 is 0. The maximum absolute atomic E-state index is 4.62. The van der Waals surface area contributed by atoms with Crippen molar-refractivity contribution in [3.63, 3.8) is 0 Å². The summed E-state index contributed by atoms with van der Waals surface area (Å²) in [5.41, 5.74) is 2.52. The van der Waals surface area contributed by atoms with Crippen LogP contribution in [0.3, 0.4) is 0 Å². The molecule has 1 heteroatoms. The van der Waals surface area contributed by atoms with Gasteiger partial charge in [-0.2, -0.15) is 0 Å². The van der Waals surface area contributed by atoms with Crippen LogP contribution in [0.1, 0.15) is 27.2 Å². The summed E-state index contributed by atoms with van der Waals surface area (Å²) in [5, 5.41) is 0. The van der Waals surface area contributed by atoms with Gasteiger partial charge in [0.2, 0.25) is 0 Å². The van der Waals surface area contributed by atoms with E-state index < -0.39 is 0 Å². The Bertz CT molecular complexity index is 279. The zero-order valence-electron chi connectivity index (χ0n) is 8.62. The molecule has 0 aromatic rings. The van der Waals surface area contributed by atoms with E-state index in [0.29, 0.717) is 0 Å². The molecule has 0 N–H and O–H groups in total. The highest BCUT2D eigenvalue weighted by atomic mass is 14.8. The van der Waals surface area contributed by atoms with Crippen LogP contribution >= 0.6 is 0 Å². The van der Waals surface area contributed by atoms with E-state index in [4.69, 9.17) is 0 Å². The van der Waals surface area contributed by atoms with Crippen molar-refractivity contribution in [1.29, 1.82) is 0 Å². The van der Waals surface area contributed by atoms with Crippen LogP contribution in [0.2, 0.25) is 0 Å². The minimum Gasteiger partial charge on any atom is -0.283 e. The van der Waals surface area contributed by atoms with Crippen LogP contribution in [-0.2, 0) is 0 Å².